The number of nitrogens with zero attached hydrogens (tertiary/aromatic N) is 2. The molecular weight excluding hydrogens is 400 g/mol. The third-order valence-corrected chi connectivity index (χ3v) is 7.24. The summed E-state index contributed by atoms with van der Waals surface area (Å²) in [5.74, 6) is -0.160. The maximum atomic E-state index is 13.6. The van der Waals surface area contributed by atoms with E-state index in [4.69, 9.17) is 0 Å². The SMILES string of the molecule is CCN1C(=O)C[C@@](CC(=O)N2CCC[C@H](c3ccccc3C)C2)(c2ccccc2C)C1=O. The first-order chi connectivity index (χ1) is 15.4. The molecule has 0 aromatic heterocycles. The first kappa shape index (κ1) is 22.3. The van der Waals surface area contributed by atoms with Crippen LogP contribution >= 0.6 is 0 Å². The number of piperidine rings is 1. The molecule has 0 unspecified atom stereocenters. The molecule has 2 aromatic rings. The van der Waals surface area contributed by atoms with E-state index >= 15 is 0 Å². The number of likely N-dealkylation sites (N-methyl/N-ethyl adjacent to an activating group) is 1. The lowest BCUT2D eigenvalue weighted by atomic mass is 9.73. The fourth-order valence-corrected chi connectivity index (χ4v) is 5.55. The van der Waals surface area contributed by atoms with Crippen molar-refractivity contribution in [2.75, 3.05) is 19.6 Å². The van der Waals surface area contributed by atoms with Gasteiger partial charge in [0, 0.05) is 38.4 Å². The second kappa shape index (κ2) is 8.89. The van der Waals surface area contributed by atoms with E-state index in [1.807, 2.05) is 49.1 Å². The summed E-state index contributed by atoms with van der Waals surface area (Å²) in [6, 6.07) is 16.0. The number of likely N-dealkylation sites (tertiary alicyclic amines) is 2. The lowest BCUT2D eigenvalue weighted by molar-refractivity contribution is -0.142. The van der Waals surface area contributed by atoms with Gasteiger partial charge in [-0.1, -0.05) is 48.5 Å². The van der Waals surface area contributed by atoms with Crippen LogP contribution in [0.2, 0.25) is 0 Å². The highest BCUT2D eigenvalue weighted by Gasteiger charge is 2.54. The van der Waals surface area contributed by atoms with Crippen molar-refractivity contribution >= 4 is 17.7 Å². The van der Waals surface area contributed by atoms with Crippen LogP contribution in [0.3, 0.4) is 0 Å². The standard InChI is InChI=1S/C27H32N2O3/c1-4-29-25(31)17-27(26(29)32,23-14-8-6-11-20(23)3)16-24(30)28-15-9-12-21(18-28)22-13-7-5-10-19(22)2/h5-8,10-11,13-14,21H,4,9,12,15-18H2,1-3H3/t21-,27-/m0/s1. The van der Waals surface area contributed by atoms with E-state index in [0.717, 1.165) is 24.0 Å². The highest BCUT2D eigenvalue weighted by Crippen LogP contribution is 2.42. The zero-order valence-corrected chi connectivity index (χ0v) is 19.3. The number of amides is 3. The lowest BCUT2D eigenvalue weighted by Crippen LogP contribution is -2.46. The van der Waals surface area contributed by atoms with Crippen LogP contribution in [0.1, 0.15) is 60.8 Å². The van der Waals surface area contributed by atoms with Gasteiger partial charge >= 0.3 is 0 Å². The summed E-state index contributed by atoms with van der Waals surface area (Å²) in [7, 11) is 0. The monoisotopic (exact) mass is 432 g/mol. The molecule has 2 aromatic carbocycles. The largest absolute Gasteiger partial charge is 0.342 e. The zero-order chi connectivity index (χ0) is 22.9. The predicted molar refractivity (Wildman–Crippen MR) is 124 cm³/mol. The molecule has 2 fully saturated rings. The first-order valence-corrected chi connectivity index (χ1v) is 11.6. The number of rotatable bonds is 5. The van der Waals surface area contributed by atoms with Crippen molar-refractivity contribution < 1.29 is 14.4 Å². The number of imide groups is 1. The van der Waals surface area contributed by atoms with Crippen molar-refractivity contribution in [1.29, 1.82) is 0 Å². The van der Waals surface area contributed by atoms with Crippen molar-refractivity contribution in [3.63, 3.8) is 0 Å². The quantitative estimate of drug-likeness (QED) is 0.668. The Kier molecular flexibility index (Phi) is 6.18. The molecule has 32 heavy (non-hydrogen) atoms. The van der Waals surface area contributed by atoms with E-state index in [0.29, 0.717) is 25.6 Å². The second-order valence-corrected chi connectivity index (χ2v) is 9.23. The summed E-state index contributed by atoms with van der Waals surface area (Å²) in [6.07, 6.45) is 2.10. The zero-order valence-electron chi connectivity index (χ0n) is 19.3. The highest BCUT2D eigenvalue weighted by atomic mass is 16.2. The fraction of sp³-hybridized carbons (Fsp3) is 0.444. The summed E-state index contributed by atoms with van der Waals surface area (Å²) >= 11 is 0. The maximum Gasteiger partial charge on any atom is 0.240 e. The molecule has 5 nitrogen and oxygen atoms in total. The average molecular weight is 433 g/mol. The van der Waals surface area contributed by atoms with Gasteiger partial charge in [0.25, 0.3) is 0 Å². The van der Waals surface area contributed by atoms with E-state index < -0.39 is 5.41 Å². The third kappa shape index (κ3) is 3.85. The molecule has 0 radical (unpaired) electrons. The molecule has 2 heterocycles. The number of hydrogen-bond donors (Lipinski definition) is 0. The van der Waals surface area contributed by atoms with Gasteiger partial charge in [-0.3, -0.25) is 19.3 Å². The molecular formula is C27H32N2O3. The van der Waals surface area contributed by atoms with Gasteiger partial charge < -0.3 is 4.90 Å². The van der Waals surface area contributed by atoms with Crippen LogP contribution in [0, 0.1) is 13.8 Å². The molecule has 0 aliphatic carbocycles. The van der Waals surface area contributed by atoms with Crippen LogP contribution in [-0.2, 0) is 19.8 Å². The second-order valence-electron chi connectivity index (χ2n) is 9.23. The molecule has 0 saturated carbocycles. The van der Waals surface area contributed by atoms with Gasteiger partial charge in [-0.15, -0.1) is 0 Å². The first-order valence-electron chi connectivity index (χ1n) is 11.6. The fourth-order valence-electron chi connectivity index (χ4n) is 5.55. The van der Waals surface area contributed by atoms with Crippen LogP contribution in [-0.4, -0.2) is 47.2 Å². The Morgan fingerprint density at radius 3 is 2.38 bits per heavy atom. The minimum absolute atomic E-state index is 0.0364. The van der Waals surface area contributed by atoms with Crippen molar-refractivity contribution in [2.24, 2.45) is 0 Å². The van der Waals surface area contributed by atoms with Crippen molar-refractivity contribution in [3.8, 4) is 0 Å². The van der Waals surface area contributed by atoms with E-state index in [9.17, 15) is 14.4 Å². The number of carbonyl (C=O) groups is 3. The van der Waals surface area contributed by atoms with E-state index in [1.165, 1.54) is 16.0 Å². The van der Waals surface area contributed by atoms with Crippen LogP contribution in [0.4, 0.5) is 0 Å². The number of hydrogen-bond acceptors (Lipinski definition) is 3. The van der Waals surface area contributed by atoms with Crippen LogP contribution in [0.15, 0.2) is 48.5 Å². The van der Waals surface area contributed by atoms with Crippen molar-refractivity contribution in [1.82, 2.24) is 9.80 Å². The minimum atomic E-state index is -1.11. The molecule has 2 aliphatic heterocycles. The summed E-state index contributed by atoms with van der Waals surface area (Å²) in [4.78, 5) is 43.1. The summed E-state index contributed by atoms with van der Waals surface area (Å²) in [5.41, 5.74) is 3.18. The van der Waals surface area contributed by atoms with E-state index in [1.54, 1.807) is 0 Å². The predicted octanol–water partition coefficient (Wildman–Crippen LogP) is 4.12. The average Bonchev–Trinajstić information content (AvgIpc) is 3.03. The van der Waals surface area contributed by atoms with Gasteiger partial charge in [0.15, 0.2) is 0 Å². The van der Waals surface area contributed by atoms with Gasteiger partial charge in [0.2, 0.25) is 17.7 Å². The van der Waals surface area contributed by atoms with Crippen LogP contribution in [0.25, 0.3) is 0 Å². The molecule has 2 aliphatic rings. The molecule has 0 bridgehead atoms. The molecule has 0 N–H and O–H groups in total. The molecule has 2 atom stereocenters. The number of aryl methyl sites for hydroxylation is 2. The summed E-state index contributed by atoms with van der Waals surface area (Å²) in [5, 5.41) is 0. The minimum Gasteiger partial charge on any atom is -0.342 e. The Balaban J connectivity index is 1.63. The molecule has 168 valence electrons. The van der Waals surface area contributed by atoms with Crippen LogP contribution in [0.5, 0.6) is 0 Å². The Bertz CT molecular complexity index is 1050. The van der Waals surface area contributed by atoms with Gasteiger partial charge in [-0.05, 0) is 55.9 Å². The Hall–Kier alpha value is -2.95. The van der Waals surface area contributed by atoms with Gasteiger partial charge in [0.1, 0.15) is 0 Å². The van der Waals surface area contributed by atoms with Crippen molar-refractivity contribution in [3.05, 3.63) is 70.8 Å². The smallest absolute Gasteiger partial charge is 0.240 e. The van der Waals surface area contributed by atoms with E-state index in [2.05, 4.69) is 25.1 Å². The van der Waals surface area contributed by atoms with E-state index in [-0.39, 0.29) is 30.6 Å². The third-order valence-electron chi connectivity index (χ3n) is 7.24. The Morgan fingerprint density at radius 2 is 1.72 bits per heavy atom. The molecule has 5 heteroatoms. The maximum absolute atomic E-state index is 13.6. The summed E-state index contributed by atoms with van der Waals surface area (Å²) < 4.78 is 0. The Morgan fingerprint density at radius 1 is 1.03 bits per heavy atom. The highest BCUT2D eigenvalue weighted by molar-refractivity contribution is 6.10. The summed E-state index contributed by atoms with van der Waals surface area (Å²) in [6.45, 7) is 7.56. The number of carbonyl (C=O) groups excluding carboxylic acids is 3. The molecule has 3 amide bonds. The molecule has 4 rings (SSSR count). The van der Waals surface area contributed by atoms with Crippen molar-refractivity contribution in [2.45, 2.75) is 57.8 Å². The van der Waals surface area contributed by atoms with Crippen LogP contribution < -0.4 is 0 Å². The molecule has 2 saturated heterocycles. The molecule has 0 spiro atoms. The van der Waals surface area contributed by atoms with Gasteiger partial charge in [-0.25, -0.2) is 0 Å². The Labute approximate surface area is 190 Å². The normalized spacial score (nSPS) is 23.7. The van der Waals surface area contributed by atoms with Gasteiger partial charge in [-0.2, -0.15) is 0 Å². The lowest BCUT2D eigenvalue weighted by Gasteiger charge is -2.36. The van der Waals surface area contributed by atoms with Gasteiger partial charge in [0.05, 0.1) is 5.41 Å². The number of benzene rings is 2. The topological polar surface area (TPSA) is 57.7 Å².